The highest BCUT2D eigenvalue weighted by atomic mass is 16.5. The number of β-amino-alcohol motifs (C(OH)–C–C–N with tert-alkyl or cyclic N) is 1. The fourth-order valence-corrected chi connectivity index (χ4v) is 3.11. The maximum Gasteiger partial charge on any atom is 0.0900 e. The molecule has 0 aromatic heterocycles. The summed E-state index contributed by atoms with van der Waals surface area (Å²) < 4.78 is 5.66. The molecule has 2 unspecified atom stereocenters. The van der Waals surface area contributed by atoms with Gasteiger partial charge in [-0.3, -0.25) is 4.90 Å². The Morgan fingerprint density at radius 1 is 1.22 bits per heavy atom. The predicted octanol–water partition coefficient (Wildman–Crippen LogP) is 2.43. The molecule has 2 fully saturated rings. The monoisotopic (exact) mass is 255 g/mol. The van der Waals surface area contributed by atoms with E-state index in [0.29, 0.717) is 6.61 Å². The highest BCUT2D eigenvalue weighted by Gasteiger charge is 2.35. The number of hydrogen-bond acceptors (Lipinski definition) is 3. The van der Waals surface area contributed by atoms with Gasteiger partial charge in [-0.05, 0) is 58.9 Å². The summed E-state index contributed by atoms with van der Waals surface area (Å²) in [5, 5.41) is 10.1. The Hall–Kier alpha value is -0.120. The van der Waals surface area contributed by atoms with E-state index in [1.54, 1.807) is 0 Å². The van der Waals surface area contributed by atoms with Gasteiger partial charge >= 0.3 is 0 Å². The lowest BCUT2D eigenvalue weighted by Crippen LogP contribution is -2.44. The first kappa shape index (κ1) is 14.3. The maximum absolute atomic E-state index is 10.1. The Kier molecular flexibility index (Phi) is 4.68. The molecule has 1 saturated heterocycles. The molecule has 106 valence electrons. The molecule has 0 aromatic rings. The zero-order chi connectivity index (χ0) is 13.2. The van der Waals surface area contributed by atoms with Crippen LogP contribution in [0.15, 0.2) is 0 Å². The largest absolute Gasteiger partial charge is 0.389 e. The van der Waals surface area contributed by atoms with Gasteiger partial charge in [0.25, 0.3) is 0 Å². The molecule has 0 aromatic carbocycles. The third-order valence-corrected chi connectivity index (χ3v) is 4.26. The number of ether oxygens (including phenoxy) is 1. The first-order valence-electron chi connectivity index (χ1n) is 7.52. The second-order valence-corrected chi connectivity index (χ2v) is 6.97. The molecule has 2 atom stereocenters. The van der Waals surface area contributed by atoms with Crippen molar-refractivity contribution in [1.29, 1.82) is 0 Å². The molecule has 0 bridgehead atoms. The standard InChI is InChI=1S/C15H29NO2/c1-15(2,3)18-11-13(17)10-16-9-5-8-14(16)12-6-4-7-12/h12-14,17H,4-11H2,1-3H3. The van der Waals surface area contributed by atoms with E-state index in [1.807, 2.05) is 20.8 Å². The average molecular weight is 255 g/mol. The van der Waals surface area contributed by atoms with Crippen LogP contribution < -0.4 is 0 Å². The van der Waals surface area contributed by atoms with Gasteiger partial charge in [0.15, 0.2) is 0 Å². The Morgan fingerprint density at radius 3 is 2.50 bits per heavy atom. The van der Waals surface area contributed by atoms with Crippen molar-refractivity contribution in [1.82, 2.24) is 4.90 Å². The van der Waals surface area contributed by atoms with Gasteiger partial charge in [-0.1, -0.05) is 6.42 Å². The first-order valence-corrected chi connectivity index (χ1v) is 7.52. The molecule has 1 aliphatic carbocycles. The van der Waals surface area contributed by atoms with E-state index in [2.05, 4.69) is 4.90 Å². The summed E-state index contributed by atoms with van der Waals surface area (Å²) in [7, 11) is 0. The van der Waals surface area contributed by atoms with Crippen LogP contribution in [0.1, 0.15) is 52.9 Å². The topological polar surface area (TPSA) is 32.7 Å². The van der Waals surface area contributed by atoms with Crippen molar-refractivity contribution in [3.8, 4) is 0 Å². The fourth-order valence-electron chi connectivity index (χ4n) is 3.11. The average Bonchev–Trinajstić information content (AvgIpc) is 2.60. The summed E-state index contributed by atoms with van der Waals surface area (Å²) in [5.41, 5.74) is -0.153. The number of rotatable bonds is 5. The maximum atomic E-state index is 10.1. The van der Waals surface area contributed by atoms with E-state index in [4.69, 9.17) is 4.74 Å². The molecule has 3 heteroatoms. The van der Waals surface area contributed by atoms with Gasteiger partial charge in [-0.2, -0.15) is 0 Å². The van der Waals surface area contributed by atoms with Crippen LogP contribution in [0, 0.1) is 5.92 Å². The normalized spacial score (nSPS) is 28.3. The molecule has 0 amide bonds. The second-order valence-electron chi connectivity index (χ2n) is 6.97. The second kappa shape index (κ2) is 5.89. The molecule has 0 radical (unpaired) electrons. The Bertz CT molecular complexity index is 258. The van der Waals surface area contributed by atoms with E-state index >= 15 is 0 Å². The van der Waals surface area contributed by atoms with Crippen LogP contribution in [0.4, 0.5) is 0 Å². The van der Waals surface area contributed by atoms with Gasteiger partial charge in [0.2, 0.25) is 0 Å². The molecular weight excluding hydrogens is 226 g/mol. The summed E-state index contributed by atoms with van der Waals surface area (Å²) in [6.45, 7) is 8.51. The summed E-state index contributed by atoms with van der Waals surface area (Å²) in [6, 6.07) is 0.739. The quantitative estimate of drug-likeness (QED) is 0.819. The van der Waals surface area contributed by atoms with Gasteiger partial charge in [-0.15, -0.1) is 0 Å². The lowest BCUT2D eigenvalue weighted by Gasteiger charge is -2.38. The van der Waals surface area contributed by atoms with Crippen molar-refractivity contribution < 1.29 is 9.84 Å². The highest BCUT2D eigenvalue weighted by Crippen LogP contribution is 2.37. The van der Waals surface area contributed by atoms with Crippen LogP contribution in [0.3, 0.4) is 0 Å². The van der Waals surface area contributed by atoms with Gasteiger partial charge in [-0.25, -0.2) is 0 Å². The minimum Gasteiger partial charge on any atom is -0.389 e. The smallest absolute Gasteiger partial charge is 0.0900 e. The van der Waals surface area contributed by atoms with Gasteiger partial charge in [0.05, 0.1) is 18.3 Å². The van der Waals surface area contributed by atoms with Gasteiger partial charge in [0, 0.05) is 12.6 Å². The number of hydrogen-bond donors (Lipinski definition) is 1. The first-order chi connectivity index (χ1) is 8.46. The Morgan fingerprint density at radius 2 is 1.94 bits per heavy atom. The van der Waals surface area contributed by atoms with Crippen LogP contribution in [-0.2, 0) is 4.74 Å². The van der Waals surface area contributed by atoms with Crippen molar-refractivity contribution in [2.24, 2.45) is 5.92 Å². The van der Waals surface area contributed by atoms with Crippen molar-refractivity contribution in [2.45, 2.75) is 70.6 Å². The minimum absolute atomic E-state index is 0.153. The third kappa shape index (κ3) is 3.94. The summed E-state index contributed by atoms with van der Waals surface area (Å²) >= 11 is 0. The molecule has 1 heterocycles. The number of aliphatic hydroxyl groups is 1. The summed E-state index contributed by atoms with van der Waals surface area (Å²) in [4.78, 5) is 2.50. The highest BCUT2D eigenvalue weighted by molar-refractivity contribution is 4.89. The van der Waals surface area contributed by atoms with E-state index < -0.39 is 0 Å². The van der Waals surface area contributed by atoms with Crippen molar-refractivity contribution in [3.05, 3.63) is 0 Å². The molecule has 3 nitrogen and oxygen atoms in total. The van der Waals surface area contributed by atoms with E-state index in [-0.39, 0.29) is 11.7 Å². The molecule has 2 aliphatic rings. The van der Waals surface area contributed by atoms with Gasteiger partial charge < -0.3 is 9.84 Å². The van der Waals surface area contributed by atoms with Crippen LogP contribution in [0.2, 0.25) is 0 Å². The molecular formula is C15H29NO2. The predicted molar refractivity (Wildman–Crippen MR) is 73.6 cm³/mol. The lowest BCUT2D eigenvalue weighted by molar-refractivity contribution is -0.0592. The Balaban J connectivity index is 1.73. The molecule has 1 saturated carbocycles. The summed E-state index contributed by atoms with van der Waals surface area (Å²) in [5.74, 6) is 0.906. The van der Waals surface area contributed by atoms with Crippen molar-refractivity contribution >= 4 is 0 Å². The van der Waals surface area contributed by atoms with Crippen LogP contribution in [-0.4, -0.2) is 47.4 Å². The van der Waals surface area contributed by atoms with Crippen LogP contribution >= 0.6 is 0 Å². The van der Waals surface area contributed by atoms with Crippen LogP contribution in [0.25, 0.3) is 0 Å². The molecule has 1 N–H and O–H groups in total. The molecule has 0 spiro atoms. The third-order valence-electron chi connectivity index (χ3n) is 4.26. The van der Waals surface area contributed by atoms with Crippen LogP contribution in [0.5, 0.6) is 0 Å². The zero-order valence-electron chi connectivity index (χ0n) is 12.2. The zero-order valence-corrected chi connectivity index (χ0v) is 12.2. The van der Waals surface area contributed by atoms with Crippen molar-refractivity contribution in [3.63, 3.8) is 0 Å². The SMILES string of the molecule is CC(C)(C)OCC(O)CN1CCCC1C1CCC1. The van der Waals surface area contributed by atoms with Crippen molar-refractivity contribution in [2.75, 3.05) is 19.7 Å². The fraction of sp³-hybridized carbons (Fsp3) is 1.00. The summed E-state index contributed by atoms with van der Waals surface area (Å²) in [6.07, 6.45) is 6.49. The van der Waals surface area contributed by atoms with Gasteiger partial charge in [0.1, 0.15) is 0 Å². The molecule has 18 heavy (non-hydrogen) atoms. The Labute approximate surface area is 112 Å². The number of nitrogens with zero attached hydrogens (tertiary/aromatic N) is 1. The minimum atomic E-state index is -0.343. The molecule has 2 rings (SSSR count). The van der Waals surface area contributed by atoms with E-state index in [9.17, 15) is 5.11 Å². The number of aliphatic hydroxyl groups excluding tert-OH is 1. The number of likely N-dealkylation sites (tertiary alicyclic amines) is 1. The van der Waals surface area contributed by atoms with E-state index in [1.165, 1.54) is 32.1 Å². The molecule has 1 aliphatic heterocycles. The van der Waals surface area contributed by atoms with E-state index in [0.717, 1.165) is 25.0 Å². The lowest BCUT2D eigenvalue weighted by atomic mass is 9.79.